The van der Waals surface area contributed by atoms with E-state index in [4.69, 9.17) is 21.1 Å². The van der Waals surface area contributed by atoms with Crippen molar-refractivity contribution in [3.63, 3.8) is 0 Å². The molecule has 0 bridgehead atoms. The van der Waals surface area contributed by atoms with Crippen LogP contribution in [-0.2, 0) is 9.59 Å². The zero-order valence-corrected chi connectivity index (χ0v) is 18.6. The molecule has 0 saturated carbocycles. The number of halogens is 1. The first kappa shape index (κ1) is 21.3. The minimum absolute atomic E-state index is 0.0750. The van der Waals surface area contributed by atoms with Gasteiger partial charge < -0.3 is 19.7 Å². The second-order valence-electron chi connectivity index (χ2n) is 6.89. The zero-order valence-electron chi connectivity index (χ0n) is 17.0. The third kappa shape index (κ3) is 4.28. The molecule has 10 heteroatoms. The molecule has 2 aliphatic heterocycles. The molecule has 2 amide bonds. The molecule has 2 heterocycles. The number of nitrogens with one attached hydrogen (secondary N) is 1. The van der Waals surface area contributed by atoms with E-state index < -0.39 is 5.25 Å². The maximum atomic E-state index is 13.0. The van der Waals surface area contributed by atoms with E-state index in [-0.39, 0.29) is 18.2 Å². The van der Waals surface area contributed by atoms with Crippen molar-refractivity contribution in [2.45, 2.75) is 11.7 Å². The average molecular weight is 461 g/mol. The summed E-state index contributed by atoms with van der Waals surface area (Å²) in [7, 11) is 3.06. The van der Waals surface area contributed by atoms with Crippen LogP contribution in [0.1, 0.15) is 6.42 Å². The molecule has 4 rings (SSSR count). The lowest BCUT2D eigenvalue weighted by molar-refractivity contribution is -0.128. The highest BCUT2D eigenvalue weighted by Crippen LogP contribution is 2.43. The second kappa shape index (κ2) is 9.07. The van der Waals surface area contributed by atoms with Crippen molar-refractivity contribution >= 4 is 51.7 Å². The van der Waals surface area contributed by atoms with E-state index in [0.29, 0.717) is 46.4 Å². The number of hydrogen-bond donors (Lipinski definition) is 1. The summed E-state index contributed by atoms with van der Waals surface area (Å²) in [5.74, 6) is 0.603. The van der Waals surface area contributed by atoms with Crippen molar-refractivity contribution in [3.05, 3.63) is 47.5 Å². The van der Waals surface area contributed by atoms with E-state index in [9.17, 15) is 9.59 Å². The molecule has 1 saturated heterocycles. The van der Waals surface area contributed by atoms with Crippen LogP contribution in [0.25, 0.3) is 0 Å². The fraction of sp³-hybridized carbons (Fsp3) is 0.286. The Labute approximate surface area is 189 Å². The number of ether oxygens (including phenoxy) is 2. The number of methoxy groups -OCH3 is 2. The number of thioether (sulfide) groups is 1. The van der Waals surface area contributed by atoms with Gasteiger partial charge in [0.15, 0.2) is 10.9 Å². The van der Waals surface area contributed by atoms with Crippen LogP contribution in [0.2, 0.25) is 5.02 Å². The first-order valence-corrected chi connectivity index (χ1v) is 10.8. The molecule has 1 atom stereocenters. The molecule has 8 nitrogen and oxygen atoms in total. The molecule has 0 spiro atoms. The van der Waals surface area contributed by atoms with E-state index in [2.05, 4.69) is 10.3 Å². The van der Waals surface area contributed by atoms with Gasteiger partial charge in [0.2, 0.25) is 11.8 Å². The molecule has 162 valence electrons. The van der Waals surface area contributed by atoms with Crippen LogP contribution in [-0.4, -0.2) is 54.7 Å². The van der Waals surface area contributed by atoms with E-state index in [1.54, 1.807) is 23.1 Å². The Bertz CT molecular complexity index is 1030. The number of carbonyl (C=O) groups excluding carboxylic acids is 2. The van der Waals surface area contributed by atoms with Gasteiger partial charge in [-0.05, 0) is 24.3 Å². The standard InChI is InChI=1S/C21H21ClN4O4S/c1-29-15-9-8-14(19(30-2)18(15)22)25-11-23-21-26(12-25)20(28)16(31-21)10-17(27)24-13-6-4-3-5-7-13/h3-9,16H,10-12H2,1-2H3,(H,24,27). The Morgan fingerprint density at radius 1 is 1.23 bits per heavy atom. The van der Waals surface area contributed by atoms with Gasteiger partial charge in [0.25, 0.3) is 0 Å². The predicted molar refractivity (Wildman–Crippen MR) is 122 cm³/mol. The molecule has 31 heavy (non-hydrogen) atoms. The number of benzene rings is 2. The smallest absolute Gasteiger partial charge is 0.244 e. The maximum Gasteiger partial charge on any atom is 0.244 e. The van der Waals surface area contributed by atoms with Crippen LogP contribution >= 0.6 is 23.4 Å². The van der Waals surface area contributed by atoms with Crippen molar-refractivity contribution in [1.29, 1.82) is 0 Å². The summed E-state index contributed by atoms with van der Waals surface area (Å²) in [4.78, 5) is 33.4. The number of rotatable bonds is 6. The SMILES string of the molecule is COc1ccc(N2CN=C3SC(CC(=O)Nc4ccccc4)C(=O)N3C2)c(OC)c1Cl. The molecule has 0 aromatic heterocycles. The summed E-state index contributed by atoms with van der Waals surface area (Å²) in [6.45, 7) is 0.633. The van der Waals surface area contributed by atoms with Gasteiger partial charge in [-0.25, -0.2) is 4.99 Å². The molecule has 2 aliphatic rings. The summed E-state index contributed by atoms with van der Waals surface area (Å²) in [6.07, 6.45) is 0.0750. The molecule has 1 N–H and O–H groups in total. The number of amidine groups is 1. The third-order valence-electron chi connectivity index (χ3n) is 4.94. The van der Waals surface area contributed by atoms with Gasteiger partial charge in [-0.15, -0.1) is 0 Å². The molecule has 1 fully saturated rings. The van der Waals surface area contributed by atoms with Gasteiger partial charge in [0.05, 0.1) is 19.9 Å². The number of aliphatic imine (C=N–C) groups is 1. The predicted octanol–water partition coefficient (Wildman–Crippen LogP) is 3.42. The molecule has 0 radical (unpaired) electrons. The number of hydrogen-bond acceptors (Lipinski definition) is 7. The molecule has 2 aromatic rings. The highest BCUT2D eigenvalue weighted by Gasteiger charge is 2.41. The first-order valence-electron chi connectivity index (χ1n) is 9.54. The fourth-order valence-electron chi connectivity index (χ4n) is 3.44. The van der Waals surface area contributed by atoms with Crippen LogP contribution < -0.4 is 19.7 Å². The fourth-order valence-corrected chi connectivity index (χ4v) is 4.87. The number of fused-ring (bicyclic) bond motifs is 1. The van der Waals surface area contributed by atoms with Gasteiger partial charge in [-0.3, -0.25) is 14.5 Å². The largest absolute Gasteiger partial charge is 0.495 e. The van der Waals surface area contributed by atoms with Crippen LogP contribution in [0, 0.1) is 0 Å². The van der Waals surface area contributed by atoms with Crippen molar-refractivity contribution in [3.8, 4) is 11.5 Å². The lowest BCUT2D eigenvalue weighted by Gasteiger charge is -2.33. The van der Waals surface area contributed by atoms with Crippen molar-refractivity contribution < 1.29 is 19.1 Å². The summed E-state index contributed by atoms with van der Waals surface area (Å²) in [6, 6.07) is 12.7. The van der Waals surface area contributed by atoms with Crippen LogP contribution in [0.15, 0.2) is 47.5 Å². The van der Waals surface area contributed by atoms with E-state index in [1.807, 2.05) is 29.2 Å². The number of carbonyl (C=O) groups is 2. The number of nitrogens with zero attached hydrogens (tertiary/aromatic N) is 3. The zero-order chi connectivity index (χ0) is 22.0. The van der Waals surface area contributed by atoms with Crippen molar-refractivity contribution in [2.24, 2.45) is 4.99 Å². The number of para-hydroxylation sites is 1. The number of amides is 2. The lowest BCUT2D eigenvalue weighted by atomic mass is 10.2. The summed E-state index contributed by atoms with van der Waals surface area (Å²) >= 11 is 7.70. The molecule has 0 aliphatic carbocycles. The monoisotopic (exact) mass is 460 g/mol. The van der Waals surface area contributed by atoms with Crippen LogP contribution in [0.4, 0.5) is 11.4 Å². The quantitative estimate of drug-likeness (QED) is 0.711. The molecular weight excluding hydrogens is 440 g/mol. The Morgan fingerprint density at radius 3 is 2.71 bits per heavy atom. The van der Waals surface area contributed by atoms with E-state index in [0.717, 1.165) is 0 Å². The highest BCUT2D eigenvalue weighted by molar-refractivity contribution is 8.15. The van der Waals surface area contributed by atoms with Gasteiger partial charge >= 0.3 is 0 Å². The molecule has 2 aromatic carbocycles. The second-order valence-corrected chi connectivity index (χ2v) is 8.44. The molecule has 1 unspecified atom stereocenters. The van der Waals surface area contributed by atoms with Crippen LogP contribution in [0.5, 0.6) is 11.5 Å². The Balaban J connectivity index is 1.46. The average Bonchev–Trinajstić information content (AvgIpc) is 3.08. The number of anilines is 2. The van der Waals surface area contributed by atoms with Crippen molar-refractivity contribution in [1.82, 2.24) is 4.90 Å². The third-order valence-corrected chi connectivity index (χ3v) is 6.51. The van der Waals surface area contributed by atoms with Gasteiger partial charge in [0, 0.05) is 12.1 Å². The van der Waals surface area contributed by atoms with E-state index >= 15 is 0 Å². The van der Waals surface area contributed by atoms with Crippen molar-refractivity contribution in [2.75, 3.05) is 37.8 Å². The summed E-state index contributed by atoms with van der Waals surface area (Å²) in [5, 5.41) is 3.29. The minimum Gasteiger partial charge on any atom is -0.495 e. The Hall–Kier alpha value is -2.91. The highest BCUT2D eigenvalue weighted by atomic mass is 35.5. The Morgan fingerprint density at radius 2 is 2.00 bits per heavy atom. The first-order chi connectivity index (χ1) is 15.0. The maximum absolute atomic E-state index is 13.0. The van der Waals surface area contributed by atoms with Gasteiger partial charge in [-0.2, -0.15) is 0 Å². The summed E-state index contributed by atoms with van der Waals surface area (Å²) in [5.41, 5.74) is 1.41. The molecular formula is C21H21ClN4O4S. The van der Waals surface area contributed by atoms with Crippen LogP contribution in [0.3, 0.4) is 0 Å². The van der Waals surface area contributed by atoms with E-state index in [1.165, 1.54) is 26.0 Å². The topological polar surface area (TPSA) is 83.5 Å². The Kier molecular flexibility index (Phi) is 6.24. The minimum atomic E-state index is -0.510. The van der Waals surface area contributed by atoms with Gasteiger partial charge in [-0.1, -0.05) is 41.6 Å². The van der Waals surface area contributed by atoms with Gasteiger partial charge in [0.1, 0.15) is 29.4 Å². The summed E-state index contributed by atoms with van der Waals surface area (Å²) < 4.78 is 10.7. The normalized spacial score (nSPS) is 17.8. The lowest BCUT2D eigenvalue weighted by Crippen LogP contribution is -2.46.